The zero-order chi connectivity index (χ0) is 10.5. The maximum absolute atomic E-state index is 8.74. The Balaban J connectivity index is 2.00. The van der Waals surface area contributed by atoms with E-state index in [2.05, 4.69) is 11.4 Å². The molecule has 3 heteroatoms. The van der Waals surface area contributed by atoms with Gasteiger partial charge in [-0.2, -0.15) is 5.26 Å². The summed E-state index contributed by atoms with van der Waals surface area (Å²) in [5, 5.41) is 13.1. The Morgan fingerprint density at radius 2 is 2.33 bits per heavy atom. The van der Waals surface area contributed by atoms with Gasteiger partial charge >= 0.3 is 0 Å². The Morgan fingerprint density at radius 1 is 1.40 bits per heavy atom. The molecule has 1 aliphatic rings. The Hall–Kier alpha value is -1.53. The molecule has 3 nitrogen and oxygen atoms in total. The van der Waals surface area contributed by atoms with Crippen molar-refractivity contribution >= 4 is 0 Å². The molecule has 15 heavy (non-hydrogen) atoms. The maximum atomic E-state index is 8.74. The van der Waals surface area contributed by atoms with Crippen LogP contribution in [0.25, 0.3) is 0 Å². The lowest BCUT2D eigenvalue weighted by Gasteiger charge is -2.22. The Labute approximate surface area is 89.7 Å². The van der Waals surface area contributed by atoms with Crippen LogP contribution in [-0.4, -0.2) is 12.8 Å². The van der Waals surface area contributed by atoms with E-state index in [1.54, 1.807) is 12.1 Å². The van der Waals surface area contributed by atoms with Crippen LogP contribution in [0.2, 0.25) is 0 Å². The maximum Gasteiger partial charge on any atom is 0.165 e. The van der Waals surface area contributed by atoms with Gasteiger partial charge in [0.25, 0.3) is 0 Å². The van der Waals surface area contributed by atoms with Crippen molar-refractivity contribution in [3.05, 3.63) is 29.8 Å². The molecule has 1 heterocycles. The zero-order valence-corrected chi connectivity index (χ0v) is 8.52. The summed E-state index contributed by atoms with van der Waals surface area (Å²) in [5.41, 5.74) is 0.628. The lowest BCUT2D eigenvalue weighted by molar-refractivity contribution is 0.128. The van der Waals surface area contributed by atoms with E-state index >= 15 is 0 Å². The number of nitrogens with zero attached hydrogens (tertiary/aromatic N) is 2. The number of hydrogen-bond acceptors (Lipinski definition) is 2. The second-order valence-electron chi connectivity index (χ2n) is 3.61. The summed E-state index contributed by atoms with van der Waals surface area (Å²) in [6, 6.07) is 9.31. The average Bonchev–Trinajstić information content (AvgIpc) is 2.31. The fourth-order valence-corrected chi connectivity index (χ4v) is 1.65. The third kappa shape index (κ3) is 2.71. The van der Waals surface area contributed by atoms with E-state index in [0.717, 1.165) is 25.1 Å². The van der Waals surface area contributed by atoms with Crippen LogP contribution in [0.5, 0.6) is 5.75 Å². The Morgan fingerprint density at radius 3 is 3.07 bits per heavy atom. The molecule has 0 saturated carbocycles. The first kappa shape index (κ1) is 10.0. The van der Waals surface area contributed by atoms with Gasteiger partial charge < -0.3 is 4.74 Å². The minimum absolute atomic E-state index is 0.0207. The topological polar surface area (TPSA) is 47.1 Å². The van der Waals surface area contributed by atoms with Gasteiger partial charge in [0.2, 0.25) is 0 Å². The summed E-state index contributed by atoms with van der Waals surface area (Å²) in [4.78, 5) is 0. The van der Waals surface area contributed by atoms with Crippen LogP contribution in [0.1, 0.15) is 24.8 Å². The zero-order valence-electron chi connectivity index (χ0n) is 8.52. The lowest BCUT2D eigenvalue weighted by atomic mass is 10.1. The van der Waals surface area contributed by atoms with E-state index in [1.165, 1.54) is 6.42 Å². The lowest BCUT2D eigenvalue weighted by Crippen LogP contribution is -2.32. The van der Waals surface area contributed by atoms with Gasteiger partial charge in [-0.25, -0.2) is 5.32 Å². The van der Waals surface area contributed by atoms with Gasteiger partial charge in [0, 0.05) is 6.54 Å². The van der Waals surface area contributed by atoms with Gasteiger partial charge in [0.15, 0.2) is 6.23 Å². The molecule has 0 aliphatic carbocycles. The predicted octanol–water partition coefficient (Wildman–Crippen LogP) is 2.05. The van der Waals surface area contributed by atoms with E-state index in [-0.39, 0.29) is 6.23 Å². The number of nitriles is 1. The van der Waals surface area contributed by atoms with Crippen molar-refractivity contribution in [2.24, 2.45) is 0 Å². The summed E-state index contributed by atoms with van der Waals surface area (Å²) < 4.78 is 5.68. The van der Waals surface area contributed by atoms with E-state index in [1.807, 2.05) is 12.1 Å². The van der Waals surface area contributed by atoms with Crippen LogP contribution < -0.4 is 10.1 Å². The first-order chi connectivity index (χ1) is 7.38. The molecule has 0 N–H and O–H groups in total. The van der Waals surface area contributed by atoms with Crippen LogP contribution in [-0.2, 0) is 0 Å². The molecular weight excluding hydrogens is 188 g/mol. The SMILES string of the molecule is N#Cc1cccc(OC2CCCC[N]2)c1. The van der Waals surface area contributed by atoms with Crippen molar-refractivity contribution in [2.75, 3.05) is 6.54 Å². The summed E-state index contributed by atoms with van der Waals surface area (Å²) in [6.45, 7) is 0.891. The molecule has 77 valence electrons. The molecule has 0 bridgehead atoms. The second kappa shape index (κ2) is 4.81. The largest absolute Gasteiger partial charge is 0.474 e. The minimum Gasteiger partial charge on any atom is -0.474 e. The first-order valence-corrected chi connectivity index (χ1v) is 5.22. The third-order valence-corrected chi connectivity index (χ3v) is 2.43. The van der Waals surface area contributed by atoms with Gasteiger partial charge in [0.05, 0.1) is 11.6 Å². The first-order valence-electron chi connectivity index (χ1n) is 5.22. The van der Waals surface area contributed by atoms with Gasteiger partial charge in [0.1, 0.15) is 5.75 Å². The van der Waals surface area contributed by atoms with Crippen LogP contribution in [0, 0.1) is 11.3 Å². The molecule has 0 amide bonds. The fourth-order valence-electron chi connectivity index (χ4n) is 1.65. The average molecular weight is 201 g/mol. The van der Waals surface area contributed by atoms with Gasteiger partial charge in [-0.3, -0.25) is 0 Å². The molecular formula is C12H13N2O. The van der Waals surface area contributed by atoms with Crippen molar-refractivity contribution in [3.63, 3.8) is 0 Å². The molecule has 0 spiro atoms. The van der Waals surface area contributed by atoms with Crippen LogP contribution in [0.15, 0.2) is 24.3 Å². The smallest absolute Gasteiger partial charge is 0.165 e. The van der Waals surface area contributed by atoms with Crippen molar-refractivity contribution in [1.82, 2.24) is 5.32 Å². The van der Waals surface area contributed by atoms with E-state index in [0.29, 0.717) is 5.56 Å². The summed E-state index contributed by atoms with van der Waals surface area (Å²) in [7, 11) is 0. The van der Waals surface area contributed by atoms with Gasteiger partial charge in [-0.1, -0.05) is 6.07 Å². The van der Waals surface area contributed by atoms with Crippen molar-refractivity contribution in [2.45, 2.75) is 25.5 Å². The monoisotopic (exact) mass is 201 g/mol. The molecule has 1 unspecified atom stereocenters. The van der Waals surface area contributed by atoms with Crippen molar-refractivity contribution in [1.29, 1.82) is 5.26 Å². The van der Waals surface area contributed by atoms with Crippen LogP contribution in [0.3, 0.4) is 0 Å². The highest BCUT2D eigenvalue weighted by Gasteiger charge is 2.15. The Kier molecular flexibility index (Phi) is 3.21. The molecule has 1 saturated heterocycles. The Bertz CT molecular complexity index is 364. The summed E-state index contributed by atoms with van der Waals surface area (Å²) in [5.74, 6) is 0.740. The minimum atomic E-state index is -0.0207. The second-order valence-corrected chi connectivity index (χ2v) is 3.61. The number of rotatable bonds is 2. The molecule has 0 aromatic heterocycles. The molecule has 1 atom stereocenters. The van der Waals surface area contributed by atoms with E-state index in [4.69, 9.17) is 10.00 Å². The fraction of sp³-hybridized carbons (Fsp3) is 0.417. The molecule has 1 aromatic carbocycles. The van der Waals surface area contributed by atoms with Gasteiger partial charge in [-0.15, -0.1) is 0 Å². The van der Waals surface area contributed by atoms with Crippen molar-refractivity contribution < 1.29 is 4.74 Å². The van der Waals surface area contributed by atoms with Gasteiger partial charge in [-0.05, 0) is 37.5 Å². The number of benzene rings is 1. The summed E-state index contributed by atoms with van der Waals surface area (Å²) >= 11 is 0. The molecule has 1 radical (unpaired) electrons. The third-order valence-electron chi connectivity index (χ3n) is 2.43. The van der Waals surface area contributed by atoms with E-state index < -0.39 is 0 Å². The quantitative estimate of drug-likeness (QED) is 0.735. The number of piperidine rings is 1. The van der Waals surface area contributed by atoms with Crippen molar-refractivity contribution in [3.8, 4) is 11.8 Å². The normalized spacial score (nSPS) is 20.6. The highest BCUT2D eigenvalue weighted by atomic mass is 16.5. The molecule has 2 rings (SSSR count). The van der Waals surface area contributed by atoms with E-state index in [9.17, 15) is 0 Å². The molecule has 1 aromatic rings. The van der Waals surface area contributed by atoms with Crippen LogP contribution >= 0.6 is 0 Å². The number of ether oxygens (including phenoxy) is 1. The summed E-state index contributed by atoms with van der Waals surface area (Å²) in [6.07, 6.45) is 3.30. The highest BCUT2D eigenvalue weighted by molar-refractivity contribution is 5.36. The standard InChI is InChI=1S/C12H13N2O/c13-9-10-4-3-5-11(8-10)15-12-6-1-2-7-14-12/h3-5,8,12H,1-2,6-7H2. The molecule has 1 aliphatic heterocycles. The van der Waals surface area contributed by atoms with Crippen LogP contribution in [0.4, 0.5) is 0 Å². The molecule has 1 fully saturated rings. The number of hydrogen-bond donors (Lipinski definition) is 0. The predicted molar refractivity (Wildman–Crippen MR) is 56.4 cm³/mol. The highest BCUT2D eigenvalue weighted by Crippen LogP contribution is 2.17.